The molecule has 4 aromatic rings. The van der Waals surface area contributed by atoms with E-state index in [2.05, 4.69) is 6.07 Å². The Morgan fingerprint density at radius 2 is 1.31 bits per heavy atom. The van der Waals surface area contributed by atoms with Crippen LogP contribution in [-0.4, -0.2) is 25.2 Å². The van der Waals surface area contributed by atoms with Gasteiger partial charge in [-0.3, -0.25) is 4.79 Å². The number of hydrogen-bond donors (Lipinski definition) is 0. The van der Waals surface area contributed by atoms with Crippen molar-refractivity contribution in [3.8, 4) is 0 Å². The molecule has 1 aliphatic heterocycles. The highest BCUT2D eigenvalue weighted by Gasteiger charge is 2.41. The number of sulfonamides is 1. The molecule has 0 saturated heterocycles. The third-order valence-corrected chi connectivity index (χ3v) is 8.37. The zero-order valence-electron chi connectivity index (χ0n) is 20.3. The molecule has 36 heavy (non-hydrogen) atoms. The number of amides is 1. The molecule has 0 N–H and O–H groups in total. The minimum Gasteiger partial charge on any atom is -0.268 e. The lowest BCUT2D eigenvalue weighted by Gasteiger charge is -2.36. The highest BCUT2D eigenvalue weighted by Crippen LogP contribution is 2.44. The van der Waals surface area contributed by atoms with Gasteiger partial charge in [0.05, 0.1) is 10.5 Å². The van der Waals surface area contributed by atoms with Crippen LogP contribution in [0.3, 0.4) is 0 Å². The number of carbonyl (C=O) groups is 1. The van der Waals surface area contributed by atoms with Crippen LogP contribution in [0.1, 0.15) is 33.7 Å². The Bertz CT molecular complexity index is 1540. The summed E-state index contributed by atoms with van der Waals surface area (Å²) >= 11 is 0. The summed E-state index contributed by atoms with van der Waals surface area (Å²) in [7, 11) is -4.08. The minimum absolute atomic E-state index is 0.0268. The van der Waals surface area contributed by atoms with E-state index in [1.165, 1.54) is 0 Å². The summed E-state index contributed by atoms with van der Waals surface area (Å²) < 4.78 is 28.8. The first-order valence-electron chi connectivity index (χ1n) is 11.9. The van der Waals surface area contributed by atoms with Crippen molar-refractivity contribution in [2.24, 2.45) is 0 Å². The van der Waals surface area contributed by atoms with Crippen molar-refractivity contribution >= 4 is 27.1 Å². The second-order valence-corrected chi connectivity index (χ2v) is 11.0. The fourth-order valence-corrected chi connectivity index (χ4v) is 6.19. The molecule has 0 aromatic heterocycles. The fraction of sp³-hybridized carbons (Fsp3) is 0.129. The van der Waals surface area contributed by atoms with Crippen molar-refractivity contribution in [2.45, 2.75) is 24.7 Å². The van der Waals surface area contributed by atoms with Gasteiger partial charge in [-0.15, -0.1) is 0 Å². The largest absolute Gasteiger partial charge is 0.268 e. The number of benzene rings is 4. The Labute approximate surface area is 212 Å². The summed E-state index contributed by atoms with van der Waals surface area (Å²) in [6.07, 6.45) is 0. The zero-order chi connectivity index (χ0) is 25.3. The molecule has 1 heterocycles. The second kappa shape index (κ2) is 9.59. The predicted octanol–water partition coefficient (Wildman–Crippen LogP) is 6.23. The van der Waals surface area contributed by atoms with Crippen molar-refractivity contribution in [1.82, 2.24) is 4.31 Å². The van der Waals surface area contributed by atoms with Gasteiger partial charge in [0.25, 0.3) is 15.9 Å². The Balaban J connectivity index is 1.79. The van der Waals surface area contributed by atoms with Crippen LogP contribution < -0.4 is 0 Å². The highest BCUT2D eigenvalue weighted by atomic mass is 32.2. The molecule has 5 heteroatoms. The van der Waals surface area contributed by atoms with Gasteiger partial charge in [-0.05, 0) is 48.2 Å². The second-order valence-electron chi connectivity index (χ2n) is 9.14. The molecule has 0 fully saturated rings. The van der Waals surface area contributed by atoms with Gasteiger partial charge in [0.1, 0.15) is 0 Å². The molecule has 0 radical (unpaired) electrons. The van der Waals surface area contributed by atoms with Crippen molar-refractivity contribution in [2.75, 3.05) is 6.54 Å². The Morgan fingerprint density at radius 1 is 0.694 bits per heavy atom. The number of aryl methyl sites for hydroxylation is 2. The van der Waals surface area contributed by atoms with Crippen molar-refractivity contribution < 1.29 is 13.2 Å². The molecular formula is C31H27NO3S. The van der Waals surface area contributed by atoms with Crippen LogP contribution >= 0.6 is 0 Å². The van der Waals surface area contributed by atoms with E-state index in [4.69, 9.17) is 0 Å². The van der Waals surface area contributed by atoms with Crippen LogP contribution in [-0.2, 0) is 14.8 Å². The summed E-state index contributed by atoms with van der Waals surface area (Å²) in [6.45, 7) is 3.94. The quantitative estimate of drug-likeness (QED) is 0.331. The average Bonchev–Trinajstić information content (AvgIpc) is 2.89. The molecule has 1 aliphatic rings. The van der Waals surface area contributed by atoms with Crippen LogP contribution in [0.25, 0.3) is 11.1 Å². The van der Waals surface area contributed by atoms with E-state index in [1.54, 1.807) is 24.3 Å². The van der Waals surface area contributed by atoms with Crippen LogP contribution in [0, 0.1) is 13.8 Å². The smallest absolute Gasteiger partial charge is 0.268 e. The molecule has 0 aliphatic carbocycles. The van der Waals surface area contributed by atoms with Gasteiger partial charge in [0, 0.05) is 12.5 Å². The summed E-state index contributed by atoms with van der Waals surface area (Å²) in [4.78, 5) is 14.2. The van der Waals surface area contributed by atoms with E-state index >= 15 is 0 Å². The van der Waals surface area contributed by atoms with Gasteiger partial charge in [-0.25, -0.2) is 12.7 Å². The molecule has 180 valence electrons. The predicted molar refractivity (Wildman–Crippen MR) is 144 cm³/mol. The molecule has 4 nitrogen and oxygen atoms in total. The molecule has 5 rings (SSSR count). The maximum Gasteiger partial charge on any atom is 0.268 e. The van der Waals surface area contributed by atoms with E-state index in [9.17, 15) is 13.2 Å². The number of nitrogens with zero attached hydrogens (tertiary/aromatic N) is 1. The molecular weight excluding hydrogens is 466 g/mol. The van der Waals surface area contributed by atoms with E-state index in [-0.39, 0.29) is 17.4 Å². The zero-order valence-corrected chi connectivity index (χ0v) is 21.1. The summed E-state index contributed by atoms with van der Waals surface area (Å²) in [6, 6.07) is 33.9. The molecule has 1 atom stereocenters. The van der Waals surface area contributed by atoms with E-state index in [1.807, 2.05) is 92.7 Å². The lowest BCUT2D eigenvalue weighted by atomic mass is 9.79. The third kappa shape index (κ3) is 4.38. The SMILES string of the molecule is Cc1ccc(S(=O)(=O)N2CC(c3cccc(C)c3)C(c3ccccc3)=C(c3ccccc3)C2=O)cc1. The number of carbonyl (C=O) groups excluding carboxylic acids is 1. The lowest BCUT2D eigenvalue weighted by Crippen LogP contribution is -2.44. The van der Waals surface area contributed by atoms with Gasteiger partial charge in [0.15, 0.2) is 0 Å². The summed E-state index contributed by atoms with van der Waals surface area (Å²) in [5, 5.41) is 0. The minimum atomic E-state index is -4.08. The van der Waals surface area contributed by atoms with Crippen molar-refractivity contribution in [3.05, 3.63) is 137 Å². The molecule has 0 bridgehead atoms. The Morgan fingerprint density at radius 3 is 1.92 bits per heavy atom. The fourth-order valence-electron chi connectivity index (χ4n) is 4.80. The highest BCUT2D eigenvalue weighted by molar-refractivity contribution is 7.89. The maximum atomic E-state index is 14.1. The van der Waals surface area contributed by atoms with Crippen LogP contribution in [0.4, 0.5) is 0 Å². The molecule has 0 saturated carbocycles. The van der Waals surface area contributed by atoms with Crippen LogP contribution in [0.15, 0.2) is 114 Å². The molecule has 1 amide bonds. The standard InChI is InChI=1S/C31H27NO3S/c1-22-16-18-27(19-17-22)36(34,35)32-21-28(26-15-9-10-23(2)20-26)29(24-11-5-3-6-12-24)30(31(32)33)25-13-7-4-8-14-25/h3-20,28H,21H2,1-2H3. The van der Waals surface area contributed by atoms with Gasteiger partial charge in [-0.2, -0.15) is 0 Å². The van der Waals surface area contributed by atoms with Gasteiger partial charge in [-0.1, -0.05) is 108 Å². The molecule has 0 spiro atoms. The van der Waals surface area contributed by atoms with E-state index in [0.29, 0.717) is 11.1 Å². The molecule has 1 unspecified atom stereocenters. The Hall–Kier alpha value is -3.96. The van der Waals surface area contributed by atoms with Crippen LogP contribution in [0.5, 0.6) is 0 Å². The van der Waals surface area contributed by atoms with Gasteiger partial charge >= 0.3 is 0 Å². The Kier molecular flexibility index (Phi) is 6.33. The lowest BCUT2D eigenvalue weighted by molar-refractivity contribution is -0.121. The van der Waals surface area contributed by atoms with Crippen LogP contribution in [0.2, 0.25) is 0 Å². The summed E-state index contributed by atoms with van der Waals surface area (Å²) in [5.74, 6) is -0.843. The average molecular weight is 494 g/mol. The first-order valence-corrected chi connectivity index (χ1v) is 13.4. The van der Waals surface area contributed by atoms with Gasteiger partial charge in [0.2, 0.25) is 0 Å². The van der Waals surface area contributed by atoms with Gasteiger partial charge < -0.3 is 0 Å². The normalized spacial score (nSPS) is 16.3. The maximum absolute atomic E-state index is 14.1. The topological polar surface area (TPSA) is 54.5 Å². The van der Waals surface area contributed by atoms with Crippen molar-refractivity contribution in [3.63, 3.8) is 0 Å². The summed E-state index contributed by atoms with van der Waals surface area (Å²) in [5.41, 5.74) is 5.85. The monoisotopic (exact) mass is 493 g/mol. The number of hydrogen-bond acceptors (Lipinski definition) is 3. The first-order chi connectivity index (χ1) is 17.4. The molecule has 4 aromatic carbocycles. The van der Waals surface area contributed by atoms with Crippen molar-refractivity contribution in [1.29, 1.82) is 0 Å². The van der Waals surface area contributed by atoms with E-state index < -0.39 is 15.9 Å². The number of rotatable bonds is 5. The first kappa shape index (κ1) is 23.8. The van der Waals surface area contributed by atoms with E-state index in [0.717, 1.165) is 32.1 Å². The third-order valence-electron chi connectivity index (χ3n) is 6.61.